The number of H-pyrrole nitrogens is 1. The van der Waals surface area contributed by atoms with E-state index in [0.29, 0.717) is 6.54 Å². The van der Waals surface area contributed by atoms with E-state index in [-0.39, 0.29) is 22.9 Å². The fraction of sp³-hybridized carbons (Fsp3) is 0.520. The number of hydrogen-bond donors (Lipinski definition) is 3. The van der Waals surface area contributed by atoms with Gasteiger partial charge in [0.25, 0.3) is 5.91 Å². The van der Waals surface area contributed by atoms with Gasteiger partial charge in [-0.2, -0.15) is 0 Å². The molecular weight excluding hydrogens is 436 g/mol. The van der Waals surface area contributed by atoms with Gasteiger partial charge in [-0.1, -0.05) is 26.0 Å². The molecule has 0 radical (unpaired) electrons. The molecule has 1 aromatic heterocycles. The monoisotopic (exact) mass is 472 g/mol. The first-order valence-electron chi connectivity index (χ1n) is 11.4. The highest BCUT2D eigenvalue weighted by Crippen LogP contribution is 2.41. The summed E-state index contributed by atoms with van der Waals surface area (Å²) >= 11 is 0. The number of rotatable bonds is 8. The molecule has 1 aromatic carbocycles. The second-order valence-electron chi connectivity index (χ2n) is 10.4. The summed E-state index contributed by atoms with van der Waals surface area (Å²) < 4.78 is 23.1. The number of nitrogens with one attached hydrogen (secondary N) is 3. The molecule has 180 valence electrons. The van der Waals surface area contributed by atoms with E-state index < -0.39 is 15.4 Å². The quantitative estimate of drug-likeness (QED) is 0.527. The number of sulfone groups is 1. The molecule has 0 saturated heterocycles. The highest BCUT2D eigenvalue weighted by atomic mass is 32.2. The summed E-state index contributed by atoms with van der Waals surface area (Å²) in [6.45, 7) is 10.8. The fourth-order valence-electron chi connectivity index (χ4n) is 3.99. The van der Waals surface area contributed by atoms with Crippen LogP contribution >= 0.6 is 0 Å². The van der Waals surface area contributed by atoms with E-state index in [1.807, 2.05) is 32.9 Å². The zero-order chi connectivity index (χ0) is 24.4. The van der Waals surface area contributed by atoms with Gasteiger partial charge >= 0.3 is 0 Å². The third-order valence-electron chi connectivity index (χ3n) is 6.27. The number of amides is 1. The maximum absolute atomic E-state index is 12.8. The van der Waals surface area contributed by atoms with E-state index in [9.17, 15) is 13.2 Å². The van der Waals surface area contributed by atoms with Crippen LogP contribution in [0.25, 0.3) is 5.57 Å². The average molecular weight is 473 g/mol. The number of allylic oxidation sites excluding steroid dienone is 2. The third kappa shape index (κ3) is 6.77. The SMILES string of the molecule is Cc1cnc(C(=O)Nc2ccc(C(C)(C)NCCS(C)(=O)=O)cc2C2=CCC(C)(C)CC2)[nH]1. The van der Waals surface area contributed by atoms with Crippen molar-refractivity contribution in [3.63, 3.8) is 0 Å². The molecule has 0 bridgehead atoms. The number of aromatic amines is 1. The van der Waals surface area contributed by atoms with Crippen LogP contribution < -0.4 is 10.6 Å². The van der Waals surface area contributed by atoms with Crippen molar-refractivity contribution in [3.8, 4) is 0 Å². The van der Waals surface area contributed by atoms with E-state index >= 15 is 0 Å². The Labute approximate surface area is 197 Å². The van der Waals surface area contributed by atoms with Crippen LogP contribution in [0.4, 0.5) is 5.69 Å². The molecule has 3 rings (SSSR count). The van der Waals surface area contributed by atoms with Gasteiger partial charge in [0.05, 0.1) is 5.75 Å². The average Bonchev–Trinajstić information content (AvgIpc) is 3.14. The predicted octanol–water partition coefficient (Wildman–Crippen LogP) is 4.43. The molecule has 8 heteroatoms. The van der Waals surface area contributed by atoms with Crippen molar-refractivity contribution >= 4 is 27.0 Å². The van der Waals surface area contributed by atoms with Crippen molar-refractivity contribution in [2.45, 2.75) is 59.4 Å². The highest BCUT2D eigenvalue weighted by molar-refractivity contribution is 7.90. The number of carbonyl (C=O) groups excluding carboxylic acids is 1. The molecule has 0 fully saturated rings. The van der Waals surface area contributed by atoms with Crippen LogP contribution in [0.15, 0.2) is 30.5 Å². The topological polar surface area (TPSA) is 104 Å². The zero-order valence-corrected chi connectivity index (χ0v) is 21.3. The van der Waals surface area contributed by atoms with E-state index in [2.05, 4.69) is 46.6 Å². The minimum Gasteiger partial charge on any atom is -0.338 e. The molecule has 7 nitrogen and oxygen atoms in total. The first-order valence-corrected chi connectivity index (χ1v) is 13.4. The largest absolute Gasteiger partial charge is 0.338 e. The fourth-order valence-corrected chi connectivity index (χ4v) is 4.46. The van der Waals surface area contributed by atoms with Gasteiger partial charge in [0.15, 0.2) is 5.82 Å². The van der Waals surface area contributed by atoms with E-state index in [1.165, 1.54) is 11.8 Å². The molecule has 2 aromatic rings. The Morgan fingerprint density at radius 1 is 1.27 bits per heavy atom. The number of aromatic nitrogens is 2. The molecule has 1 aliphatic rings. The summed E-state index contributed by atoms with van der Waals surface area (Å²) in [7, 11) is -3.04. The lowest BCUT2D eigenvalue weighted by atomic mass is 9.76. The van der Waals surface area contributed by atoms with Gasteiger partial charge in [0.2, 0.25) is 0 Å². The lowest BCUT2D eigenvalue weighted by Gasteiger charge is -2.31. The Hall–Kier alpha value is -2.45. The number of nitrogens with zero attached hydrogens (tertiary/aromatic N) is 1. The number of carbonyl (C=O) groups is 1. The number of benzene rings is 1. The van der Waals surface area contributed by atoms with Crippen molar-refractivity contribution in [1.82, 2.24) is 15.3 Å². The van der Waals surface area contributed by atoms with Gasteiger partial charge in [0.1, 0.15) is 9.84 Å². The van der Waals surface area contributed by atoms with Crippen molar-refractivity contribution in [2.24, 2.45) is 5.41 Å². The lowest BCUT2D eigenvalue weighted by Crippen LogP contribution is -2.39. The molecule has 1 heterocycles. The van der Waals surface area contributed by atoms with Crippen LogP contribution in [0.1, 0.15) is 74.4 Å². The second kappa shape index (κ2) is 9.43. The number of hydrogen-bond acceptors (Lipinski definition) is 5. The molecule has 0 saturated carbocycles. The Bertz CT molecular complexity index is 1160. The minimum absolute atomic E-state index is 0.0836. The van der Waals surface area contributed by atoms with Crippen molar-refractivity contribution < 1.29 is 13.2 Å². The van der Waals surface area contributed by atoms with Gasteiger partial charge in [0, 0.05) is 41.5 Å². The predicted molar refractivity (Wildman–Crippen MR) is 134 cm³/mol. The normalized spacial score (nSPS) is 16.4. The first-order chi connectivity index (χ1) is 15.3. The Morgan fingerprint density at radius 3 is 2.58 bits per heavy atom. The smallest absolute Gasteiger partial charge is 0.291 e. The molecule has 0 spiro atoms. The summed E-state index contributed by atoms with van der Waals surface area (Å²) in [5, 5.41) is 6.39. The summed E-state index contributed by atoms with van der Waals surface area (Å²) in [5.74, 6) is 0.0867. The van der Waals surface area contributed by atoms with E-state index in [1.54, 1.807) is 6.20 Å². The Balaban J connectivity index is 1.93. The van der Waals surface area contributed by atoms with Crippen LogP contribution in [0.2, 0.25) is 0 Å². The molecule has 3 N–H and O–H groups in total. The van der Waals surface area contributed by atoms with Crippen molar-refractivity contribution in [1.29, 1.82) is 0 Å². The molecule has 0 aliphatic heterocycles. The maximum atomic E-state index is 12.8. The first kappa shape index (κ1) is 25.2. The molecule has 0 unspecified atom stereocenters. The molecule has 0 atom stereocenters. The van der Waals surface area contributed by atoms with E-state index in [4.69, 9.17) is 0 Å². The lowest BCUT2D eigenvalue weighted by molar-refractivity contribution is 0.101. The van der Waals surface area contributed by atoms with Crippen LogP contribution in [0.3, 0.4) is 0 Å². The van der Waals surface area contributed by atoms with Crippen molar-refractivity contribution in [3.05, 3.63) is 53.1 Å². The van der Waals surface area contributed by atoms with E-state index in [0.717, 1.165) is 41.8 Å². The summed E-state index contributed by atoms with van der Waals surface area (Å²) in [5.41, 5.74) is 4.65. The maximum Gasteiger partial charge on any atom is 0.291 e. The summed E-state index contributed by atoms with van der Waals surface area (Å²) in [4.78, 5) is 19.9. The Morgan fingerprint density at radius 2 is 2.00 bits per heavy atom. The van der Waals surface area contributed by atoms with Gasteiger partial charge in [-0.3, -0.25) is 4.79 Å². The summed E-state index contributed by atoms with van der Waals surface area (Å²) in [6, 6.07) is 6.02. The third-order valence-corrected chi connectivity index (χ3v) is 7.21. The summed E-state index contributed by atoms with van der Waals surface area (Å²) in [6.07, 6.45) is 8.14. The number of aryl methyl sites for hydroxylation is 1. The van der Waals surface area contributed by atoms with Crippen molar-refractivity contribution in [2.75, 3.05) is 23.9 Å². The molecule has 1 aliphatic carbocycles. The van der Waals surface area contributed by atoms with Gasteiger partial charge in [-0.05, 0) is 68.7 Å². The van der Waals surface area contributed by atoms with Crippen LogP contribution in [-0.4, -0.2) is 42.8 Å². The molecule has 1 amide bonds. The zero-order valence-electron chi connectivity index (χ0n) is 20.5. The molecule has 33 heavy (non-hydrogen) atoms. The van der Waals surface area contributed by atoms with Crippen LogP contribution in [0.5, 0.6) is 0 Å². The standard InChI is InChI=1S/C25H36N4O3S/c1-17-16-26-22(28-17)23(30)29-21-8-7-19(25(4,5)27-13-14-33(6,31)32)15-20(21)18-9-11-24(2,3)12-10-18/h7-9,15-16,27H,10-14H2,1-6H3,(H,26,28)(H,29,30). The van der Waals surface area contributed by atoms with Crippen LogP contribution in [-0.2, 0) is 15.4 Å². The van der Waals surface area contributed by atoms with Crippen LogP contribution in [0, 0.1) is 12.3 Å². The van der Waals surface area contributed by atoms with Gasteiger partial charge in [-0.15, -0.1) is 0 Å². The molecular formula is C25H36N4O3S. The minimum atomic E-state index is -3.04. The number of anilines is 1. The van der Waals surface area contributed by atoms with Gasteiger partial charge in [-0.25, -0.2) is 13.4 Å². The van der Waals surface area contributed by atoms with Gasteiger partial charge < -0.3 is 15.6 Å². The second-order valence-corrected chi connectivity index (χ2v) is 12.7. The number of imidazole rings is 1. The Kier molecular flexibility index (Phi) is 7.19. The highest BCUT2D eigenvalue weighted by Gasteiger charge is 2.26.